The molecule has 0 atom stereocenters. The van der Waals surface area contributed by atoms with Crippen molar-refractivity contribution >= 4 is 28.6 Å². The number of hydrogen-bond donors (Lipinski definition) is 1. The highest BCUT2D eigenvalue weighted by Gasteiger charge is 2.28. The summed E-state index contributed by atoms with van der Waals surface area (Å²) in [6, 6.07) is -0.104. The molecule has 25 heavy (non-hydrogen) atoms. The van der Waals surface area contributed by atoms with Gasteiger partial charge in [-0.05, 0) is 25.2 Å². The topological polar surface area (TPSA) is 78.4 Å². The van der Waals surface area contributed by atoms with Gasteiger partial charge in [-0.15, -0.1) is 0 Å². The number of likely N-dealkylation sites (tertiary alicyclic amines) is 2. The van der Waals surface area contributed by atoms with E-state index in [4.69, 9.17) is 0 Å². The minimum absolute atomic E-state index is 0.104. The third kappa shape index (κ3) is 4.48. The van der Waals surface area contributed by atoms with Crippen LogP contribution in [0, 0.1) is 5.92 Å². The van der Waals surface area contributed by atoms with E-state index < -0.39 is 0 Å². The molecule has 2 aliphatic rings. The van der Waals surface area contributed by atoms with E-state index in [9.17, 15) is 9.59 Å². The fourth-order valence-electron chi connectivity index (χ4n) is 3.28. The molecular weight excluding hydrogens is 338 g/mol. The maximum atomic E-state index is 12.4. The van der Waals surface area contributed by atoms with E-state index in [-0.39, 0.29) is 17.4 Å². The van der Waals surface area contributed by atoms with Gasteiger partial charge in [0.1, 0.15) is 5.82 Å². The minimum Gasteiger partial charge on any atom is -0.342 e. The summed E-state index contributed by atoms with van der Waals surface area (Å²) in [7, 11) is 0. The largest absolute Gasteiger partial charge is 0.342 e. The number of urea groups is 1. The van der Waals surface area contributed by atoms with Crippen LogP contribution in [0.1, 0.15) is 52.3 Å². The molecule has 3 amide bonds. The van der Waals surface area contributed by atoms with Crippen molar-refractivity contribution in [2.24, 2.45) is 5.92 Å². The number of carbonyl (C=O) groups is 2. The Morgan fingerprint density at radius 3 is 2.56 bits per heavy atom. The standard InChI is InChI=1S/C17H27N5O2S/c1-17(2,3)14-18-15(25-20-14)19-16(24)21-9-6-12(7-10-21)11-22-8-4-5-13(22)23/h12H,4-11H2,1-3H3,(H,18,19,20,24). The Hall–Kier alpha value is -1.70. The Bertz CT molecular complexity index is 631. The first-order valence-electron chi connectivity index (χ1n) is 9.01. The molecule has 2 saturated heterocycles. The molecule has 138 valence electrons. The van der Waals surface area contributed by atoms with E-state index in [0.29, 0.717) is 17.5 Å². The maximum Gasteiger partial charge on any atom is 0.323 e. The van der Waals surface area contributed by atoms with E-state index in [2.05, 4.69) is 35.4 Å². The highest BCUT2D eigenvalue weighted by molar-refractivity contribution is 7.09. The number of aromatic nitrogens is 2. The van der Waals surface area contributed by atoms with Crippen molar-refractivity contribution in [2.45, 2.75) is 51.9 Å². The van der Waals surface area contributed by atoms with Gasteiger partial charge in [0.15, 0.2) is 0 Å². The third-order valence-electron chi connectivity index (χ3n) is 4.86. The lowest BCUT2D eigenvalue weighted by Crippen LogP contribution is -2.43. The van der Waals surface area contributed by atoms with Crippen LogP contribution in [0.25, 0.3) is 0 Å². The van der Waals surface area contributed by atoms with Crippen LogP contribution in [-0.2, 0) is 10.2 Å². The molecule has 2 fully saturated rings. The molecule has 3 heterocycles. The van der Waals surface area contributed by atoms with E-state index in [1.807, 2.05) is 9.80 Å². The lowest BCUT2D eigenvalue weighted by Gasteiger charge is -2.33. The number of rotatable bonds is 3. The van der Waals surface area contributed by atoms with E-state index >= 15 is 0 Å². The lowest BCUT2D eigenvalue weighted by atomic mass is 9.96. The van der Waals surface area contributed by atoms with Crippen molar-refractivity contribution in [1.82, 2.24) is 19.2 Å². The third-order valence-corrected chi connectivity index (χ3v) is 5.49. The summed E-state index contributed by atoms with van der Waals surface area (Å²) in [6.07, 6.45) is 3.57. The van der Waals surface area contributed by atoms with Gasteiger partial charge in [-0.1, -0.05) is 20.8 Å². The van der Waals surface area contributed by atoms with Crippen LogP contribution in [-0.4, -0.2) is 57.3 Å². The Morgan fingerprint density at radius 1 is 1.28 bits per heavy atom. The minimum atomic E-state index is -0.120. The Balaban J connectivity index is 1.46. The Labute approximate surface area is 153 Å². The molecule has 1 aromatic heterocycles. The van der Waals surface area contributed by atoms with Crippen molar-refractivity contribution < 1.29 is 9.59 Å². The van der Waals surface area contributed by atoms with Crippen LogP contribution in [0.5, 0.6) is 0 Å². The second-order valence-electron chi connectivity index (χ2n) is 7.98. The molecule has 3 rings (SSSR count). The quantitative estimate of drug-likeness (QED) is 0.893. The van der Waals surface area contributed by atoms with Crippen LogP contribution in [0.15, 0.2) is 0 Å². The summed E-state index contributed by atoms with van der Waals surface area (Å²) >= 11 is 1.23. The number of piperidine rings is 1. The molecule has 0 aliphatic carbocycles. The van der Waals surface area contributed by atoms with E-state index in [1.54, 1.807) is 0 Å². The number of nitrogens with zero attached hydrogens (tertiary/aromatic N) is 4. The molecule has 2 aliphatic heterocycles. The smallest absolute Gasteiger partial charge is 0.323 e. The summed E-state index contributed by atoms with van der Waals surface area (Å²) in [4.78, 5) is 32.4. The SMILES string of the molecule is CC(C)(C)c1nsc(NC(=O)N2CCC(CN3CCCC3=O)CC2)n1. The zero-order valence-electron chi connectivity index (χ0n) is 15.2. The van der Waals surface area contributed by atoms with Crippen LogP contribution < -0.4 is 5.32 Å². The fraction of sp³-hybridized carbons (Fsp3) is 0.765. The summed E-state index contributed by atoms with van der Waals surface area (Å²) in [5.41, 5.74) is -0.120. The fourth-order valence-corrected chi connectivity index (χ4v) is 4.02. The van der Waals surface area contributed by atoms with Crippen molar-refractivity contribution in [2.75, 3.05) is 31.5 Å². The van der Waals surface area contributed by atoms with Gasteiger partial charge in [-0.2, -0.15) is 4.37 Å². The monoisotopic (exact) mass is 365 g/mol. The first kappa shape index (κ1) is 18.1. The van der Waals surface area contributed by atoms with Crippen LogP contribution >= 0.6 is 11.5 Å². The molecule has 1 aromatic rings. The van der Waals surface area contributed by atoms with Crippen molar-refractivity contribution in [1.29, 1.82) is 0 Å². The number of anilines is 1. The highest BCUT2D eigenvalue weighted by Crippen LogP contribution is 2.24. The van der Waals surface area contributed by atoms with Gasteiger partial charge in [0.25, 0.3) is 0 Å². The van der Waals surface area contributed by atoms with Gasteiger partial charge in [-0.25, -0.2) is 9.78 Å². The molecule has 0 unspecified atom stereocenters. The van der Waals surface area contributed by atoms with Gasteiger partial charge >= 0.3 is 6.03 Å². The average Bonchev–Trinajstić information content (AvgIpc) is 3.17. The van der Waals surface area contributed by atoms with Gasteiger partial charge in [0.05, 0.1) is 0 Å². The zero-order chi connectivity index (χ0) is 18.0. The van der Waals surface area contributed by atoms with E-state index in [1.165, 1.54) is 11.5 Å². The van der Waals surface area contributed by atoms with Gasteiger partial charge < -0.3 is 9.80 Å². The molecule has 1 N–H and O–H groups in total. The Kier molecular flexibility index (Phi) is 5.27. The summed E-state index contributed by atoms with van der Waals surface area (Å²) in [6.45, 7) is 9.35. The molecule has 0 spiro atoms. The number of carbonyl (C=O) groups excluding carboxylic acids is 2. The zero-order valence-corrected chi connectivity index (χ0v) is 16.1. The molecule has 0 radical (unpaired) electrons. The van der Waals surface area contributed by atoms with E-state index in [0.717, 1.165) is 51.3 Å². The molecule has 0 aromatic carbocycles. The molecule has 7 nitrogen and oxygen atoms in total. The summed E-state index contributed by atoms with van der Waals surface area (Å²) < 4.78 is 4.32. The second kappa shape index (κ2) is 7.27. The lowest BCUT2D eigenvalue weighted by molar-refractivity contribution is -0.128. The number of hydrogen-bond acceptors (Lipinski definition) is 5. The van der Waals surface area contributed by atoms with Crippen molar-refractivity contribution in [3.8, 4) is 0 Å². The Morgan fingerprint density at radius 2 is 2.00 bits per heavy atom. The van der Waals surface area contributed by atoms with Crippen LogP contribution in [0.2, 0.25) is 0 Å². The number of nitrogens with one attached hydrogen (secondary N) is 1. The van der Waals surface area contributed by atoms with Gasteiger partial charge in [0.2, 0.25) is 11.0 Å². The second-order valence-corrected chi connectivity index (χ2v) is 8.73. The van der Waals surface area contributed by atoms with Crippen molar-refractivity contribution in [3.63, 3.8) is 0 Å². The normalized spacial score (nSPS) is 19.6. The summed E-state index contributed by atoms with van der Waals surface area (Å²) in [5, 5.41) is 3.42. The first-order chi connectivity index (χ1) is 11.8. The predicted octanol–water partition coefficient (Wildman–Crippen LogP) is 2.70. The molecular formula is C17H27N5O2S. The van der Waals surface area contributed by atoms with Gasteiger partial charge in [0, 0.05) is 49.5 Å². The highest BCUT2D eigenvalue weighted by atomic mass is 32.1. The average molecular weight is 366 g/mol. The first-order valence-corrected chi connectivity index (χ1v) is 9.78. The number of amides is 3. The van der Waals surface area contributed by atoms with Crippen LogP contribution in [0.4, 0.5) is 9.93 Å². The molecule has 0 saturated carbocycles. The molecule has 0 bridgehead atoms. The predicted molar refractivity (Wildman–Crippen MR) is 97.7 cm³/mol. The van der Waals surface area contributed by atoms with Gasteiger partial charge in [-0.3, -0.25) is 10.1 Å². The summed E-state index contributed by atoms with van der Waals surface area (Å²) in [5.74, 6) is 1.54. The van der Waals surface area contributed by atoms with Crippen molar-refractivity contribution in [3.05, 3.63) is 5.82 Å². The maximum absolute atomic E-state index is 12.4. The molecule has 8 heteroatoms. The van der Waals surface area contributed by atoms with Crippen LogP contribution in [0.3, 0.4) is 0 Å².